The Bertz CT molecular complexity index is 1520. The Morgan fingerprint density at radius 1 is 0.842 bits per heavy atom. The highest BCUT2D eigenvalue weighted by Gasteiger charge is 2.35. The third kappa shape index (κ3) is 6.89. The van der Waals surface area contributed by atoms with E-state index in [1.165, 1.54) is 18.2 Å². The van der Waals surface area contributed by atoms with E-state index in [9.17, 15) is 26.4 Å². The summed E-state index contributed by atoms with van der Waals surface area (Å²) >= 11 is 6.87. The molecule has 0 saturated carbocycles. The number of carbonyl (C=O) groups is 1. The van der Waals surface area contributed by atoms with Crippen molar-refractivity contribution in [3.05, 3.63) is 119 Å². The van der Waals surface area contributed by atoms with Crippen LogP contribution in [0.2, 0.25) is 5.02 Å². The van der Waals surface area contributed by atoms with E-state index in [0.29, 0.717) is 16.1 Å². The van der Waals surface area contributed by atoms with Crippen LogP contribution in [0, 0.1) is 0 Å². The standard InChI is InChI=1S/C27H20ClF3N2O3S2/c28-19-11-16-24(23(17-19)27(29,30)31)32-26(34)25(18-7-3-1-4-8-18)37-21-14-12-20(13-15-21)33-38(35,36)22-9-5-2-6-10-22/h1-17,25,33H,(H,32,34). The number of benzene rings is 4. The van der Waals surface area contributed by atoms with Gasteiger partial charge in [-0.15, -0.1) is 11.8 Å². The lowest BCUT2D eigenvalue weighted by Gasteiger charge is -2.19. The molecular weight excluding hydrogens is 557 g/mol. The second kappa shape index (κ2) is 11.5. The first-order chi connectivity index (χ1) is 18.0. The number of sulfonamides is 1. The predicted molar refractivity (Wildman–Crippen MR) is 144 cm³/mol. The van der Waals surface area contributed by atoms with Gasteiger partial charge in [-0.05, 0) is 60.2 Å². The van der Waals surface area contributed by atoms with Crippen LogP contribution in [-0.4, -0.2) is 14.3 Å². The average molecular weight is 577 g/mol. The fraction of sp³-hybridized carbons (Fsp3) is 0.0741. The van der Waals surface area contributed by atoms with Crippen molar-refractivity contribution in [3.63, 3.8) is 0 Å². The highest BCUT2D eigenvalue weighted by atomic mass is 35.5. The molecule has 0 spiro atoms. The molecule has 0 radical (unpaired) electrons. The molecular formula is C27H20ClF3N2O3S2. The smallest absolute Gasteiger partial charge is 0.324 e. The van der Waals surface area contributed by atoms with Gasteiger partial charge in [0.15, 0.2) is 0 Å². The third-order valence-corrected chi connectivity index (χ3v) is 8.20. The van der Waals surface area contributed by atoms with E-state index in [-0.39, 0.29) is 9.92 Å². The predicted octanol–water partition coefficient (Wildman–Crippen LogP) is 7.63. The molecule has 0 heterocycles. The Morgan fingerprint density at radius 3 is 2.05 bits per heavy atom. The maximum Gasteiger partial charge on any atom is 0.418 e. The lowest BCUT2D eigenvalue weighted by molar-refractivity contribution is -0.137. The molecule has 5 nitrogen and oxygen atoms in total. The van der Waals surface area contributed by atoms with E-state index < -0.39 is 38.6 Å². The van der Waals surface area contributed by atoms with Crippen molar-refractivity contribution in [1.29, 1.82) is 0 Å². The maximum absolute atomic E-state index is 13.5. The summed E-state index contributed by atoms with van der Waals surface area (Å²) in [4.78, 5) is 14.0. The number of anilines is 2. The Morgan fingerprint density at radius 2 is 1.45 bits per heavy atom. The highest BCUT2D eigenvalue weighted by Crippen LogP contribution is 2.40. The zero-order valence-corrected chi connectivity index (χ0v) is 21.8. The molecule has 196 valence electrons. The van der Waals surface area contributed by atoms with Gasteiger partial charge in [-0.1, -0.05) is 60.1 Å². The summed E-state index contributed by atoms with van der Waals surface area (Å²) in [6, 6.07) is 26.0. The fourth-order valence-electron chi connectivity index (χ4n) is 3.51. The molecule has 4 rings (SSSR count). The van der Waals surface area contributed by atoms with Gasteiger partial charge in [0.2, 0.25) is 5.91 Å². The van der Waals surface area contributed by atoms with Gasteiger partial charge >= 0.3 is 6.18 Å². The fourth-order valence-corrected chi connectivity index (χ4v) is 5.79. The van der Waals surface area contributed by atoms with Crippen LogP contribution in [0.25, 0.3) is 0 Å². The van der Waals surface area contributed by atoms with Crippen molar-refractivity contribution < 1.29 is 26.4 Å². The molecule has 0 saturated heterocycles. The largest absolute Gasteiger partial charge is 0.418 e. The molecule has 38 heavy (non-hydrogen) atoms. The monoisotopic (exact) mass is 576 g/mol. The number of halogens is 4. The molecule has 0 aromatic heterocycles. The second-order valence-electron chi connectivity index (χ2n) is 8.03. The second-order valence-corrected chi connectivity index (χ2v) is 11.3. The first kappa shape index (κ1) is 27.6. The molecule has 1 unspecified atom stereocenters. The van der Waals surface area contributed by atoms with Crippen molar-refractivity contribution >= 4 is 50.7 Å². The van der Waals surface area contributed by atoms with Crippen molar-refractivity contribution in [1.82, 2.24) is 0 Å². The SMILES string of the molecule is O=C(Nc1ccc(Cl)cc1C(F)(F)F)C(Sc1ccc(NS(=O)(=O)c2ccccc2)cc1)c1ccccc1. The van der Waals surface area contributed by atoms with Gasteiger partial charge < -0.3 is 5.32 Å². The lowest BCUT2D eigenvalue weighted by Crippen LogP contribution is -2.21. The van der Waals surface area contributed by atoms with Crippen molar-refractivity contribution in [2.24, 2.45) is 0 Å². The molecule has 0 bridgehead atoms. The zero-order chi connectivity index (χ0) is 27.3. The van der Waals surface area contributed by atoms with Crippen LogP contribution in [0.5, 0.6) is 0 Å². The molecule has 11 heteroatoms. The van der Waals surface area contributed by atoms with Gasteiger partial charge in [-0.2, -0.15) is 13.2 Å². The normalized spacial score (nSPS) is 12.5. The molecule has 2 N–H and O–H groups in total. The van der Waals surface area contributed by atoms with E-state index in [2.05, 4.69) is 10.0 Å². The summed E-state index contributed by atoms with van der Waals surface area (Å²) in [6.07, 6.45) is -4.72. The van der Waals surface area contributed by atoms with Crippen LogP contribution in [0.15, 0.2) is 113 Å². The minimum absolute atomic E-state index is 0.104. The first-order valence-corrected chi connectivity index (χ1v) is 13.8. The molecule has 1 atom stereocenters. The average Bonchev–Trinajstić information content (AvgIpc) is 2.89. The number of amides is 1. The summed E-state index contributed by atoms with van der Waals surface area (Å²) in [7, 11) is -3.78. The summed E-state index contributed by atoms with van der Waals surface area (Å²) in [5.41, 5.74) is -0.564. The maximum atomic E-state index is 13.5. The summed E-state index contributed by atoms with van der Waals surface area (Å²) < 4.78 is 68.3. The molecule has 0 aliphatic carbocycles. The van der Waals surface area contributed by atoms with E-state index in [4.69, 9.17) is 11.6 Å². The van der Waals surface area contributed by atoms with Crippen molar-refractivity contribution in [2.45, 2.75) is 21.2 Å². The number of hydrogen-bond acceptors (Lipinski definition) is 4. The zero-order valence-electron chi connectivity index (χ0n) is 19.4. The first-order valence-electron chi connectivity index (χ1n) is 11.1. The molecule has 4 aromatic rings. The van der Waals surface area contributed by atoms with Crippen LogP contribution < -0.4 is 10.0 Å². The topological polar surface area (TPSA) is 75.3 Å². The molecule has 4 aromatic carbocycles. The number of rotatable bonds is 8. The van der Waals surface area contributed by atoms with E-state index in [1.54, 1.807) is 72.8 Å². The minimum atomic E-state index is -4.72. The van der Waals surface area contributed by atoms with Crippen LogP contribution >= 0.6 is 23.4 Å². The van der Waals surface area contributed by atoms with E-state index >= 15 is 0 Å². The summed E-state index contributed by atoms with van der Waals surface area (Å²) in [6.45, 7) is 0. The number of nitrogens with one attached hydrogen (secondary N) is 2. The Balaban J connectivity index is 1.56. The van der Waals surface area contributed by atoms with Gasteiger partial charge in [0, 0.05) is 15.6 Å². The minimum Gasteiger partial charge on any atom is -0.324 e. The molecule has 0 aliphatic rings. The van der Waals surface area contributed by atoms with Crippen LogP contribution in [0.1, 0.15) is 16.4 Å². The van der Waals surface area contributed by atoms with Crippen molar-refractivity contribution in [3.8, 4) is 0 Å². The van der Waals surface area contributed by atoms with E-state index in [1.807, 2.05) is 0 Å². The van der Waals surface area contributed by atoms with Crippen LogP contribution in [-0.2, 0) is 21.0 Å². The quantitative estimate of drug-likeness (QED) is 0.211. The Hall–Kier alpha value is -3.47. The number of carbonyl (C=O) groups excluding carboxylic acids is 1. The Labute approximate surface area is 227 Å². The number of thioether (sulfide) groups is 1. The van der Waals surface area contributed by atoms with Gasteiger partial charge in [0.25, 0.3) is 10.0 Å². The molecule has 1 amide bonds. The van der Waals surface area contributed by atoms with Gasteiger partial charge in [0.05, 0.1) is 16.1 Å². The summed E-state index contributed by atoms with van der Waals surface area (Å²) in [5, 5.41) is 1.39. The third-order valence-electron chi connectivity index (χ3n) is 5.30. The van der Waals surface area contributed by atoms with E-state index in [0.717, 1.165) is 23.9 Å². The van der Waals surface area contributed by atoms with Crippen LogP contribution in [0.4, 0.5) is 24.5 Å². The number of alkyl halides is 3. The van der Waals surface area contributed by atoms with Gasteiger partial charge in [0.1, 0.15) is 5.25 Å². The molecule has 0 aliphatic heterocycles. The van der Waals surface area contributed by atoms with Gasteiger partial charge in [-0.25, -0.2) is 8.42 Å². The number of hydrogen-bond donors (Lipinski definition) is 2. The van der Waals surface area contributed by atoms with Crippen LogP contribution in [0.3, 0.4) is 0 Å². The lowest BCUT2D eigenvalue weighted by atomic mass is 10.1. The Kier molecular flexibility index (Phi) is 8.35. The van der Waals surface area contributed by atoms with Gasteiger partial charge in [-0.3, -0.25) is 9.52 Å². The summed E-state index contributed by atoms with van der Waals surface area (Å²) in [5.74, 6) is -0.664. The highest BCUT2D eigenvalue weighted by molar-refractivity contribution is 8.00. The molecule has 0 fully saturated rings. The van der Waals surface area contributed by atoms with Crippen molar-refractivity contribution in [2.75, 3.05) is 10.0 Å².